The highest BCUT2D eigenvalue weighted by molar-refractivity contribution is 5.99. The number of anilines is 1. The number of hydrogen-bond donors (Lipinski definition) is 1. The van der Waals surface area contributed by atoms with Crippen LogP contribution in [0.1, 0.15) is 66.7 Å². The number of carbonyl (C=O) groups is 2. The highest BCUT2D eigenvalue weighted by Gasteiger charge is 2.28. The van der Waals surface area contributed by atoms with Gasteiger partial charge in [0.25, 0.3) is 11.8 Å². The molecule has 2 aromatic rings. The lowest BCUT2D eigenvalue weighted by atomic mass is 10.1. The molecule has 1 saturated carbocycles. The SMILES string of the molecule is CC(C)CCn1cc(C(=O)NC2CCCC2)c(=O)c(C(=O)N2CCN(c3ccccc3F)CC2)c1. The first-order valence-corrected chi connectivity index (χ1v) is 12.7. The van der Waals surface area contributed by atoms with Crippen molar-refractivity contribution in [3.05, 3.63) is 63.8 Å². The standard InChI is InChI=1S/C27H35FN4O3/c1-19(2)11-12-30-17-21(26(34)29-20-7-3-4-8-20)25(33)22(18-30)27(35)32-15-13-31(14-16-32)24-10-6-5-9-23(24)28/h5-6,9-10,17-20H,3-4,7-8,11-16H2,1-2H3,(H,29,34). The molecule has 1 aliphatic carbocycles. The van der Waals surface area contributed by atoms with Crippen LogP contribution in [-0.2, 0) is 6.54 Å². The number of hydrogen-bond acceptors (Lipinski definition) is 4. The summed E-state index contributed by atoms with van der Waals surface area (Å²) in [6.07, 6.45) is 8.00. The second kappa shape index (κ2) is 11.1. The van der Waals surface area contributed by atoms with Gasteiger partial charge in [0.2, 0.25) is 5.43 Å². The van der Waals surface area contributed by atoms with E-state index in [1.807, 2.05) is 4.90 Å². The van der Waals surface area contributed by atoms with E-state index in [2.05, 4.69) is 19.2 Å². The molecule has 1 aromatic heterocycles. The van der Waals surface area contributed by atoms with Gasteiger partial charge in [0.1, 0.15) is 16.9 Å². The Hall–Kier alpha value is -3.16. The second-order valence-electron chi connectivity index (χ2n) is 10.0. The van der Waals surface area contributed by atoms with Crippen LogP contribution in [0.15, 0.2) is 41.5 Å². The quantitative estimate of drug-likeness (QED) is 0.654. The summed E-state index contributed by atoms with van der Waals surface area (Å²) in [6, 6.07) is 6.68. The molecule has 2 amide bonds. The summed E-state index contributed by atoms with van der Waals surface area (Å²) in [5.41, 5.74) is 0.0349. The maximum Gasteiger partial charge on any atom is 0.259 e. The number of aromatic nitrogens is 1. The van der Waals surface area contributed by atoms with E-state index in [0.29, 0.717) is 44.3 Å². The summed E-state index contributed by atoms with van der Waals surface area (Å²) >= 11 is 0. The van der Waals surface area contributed by atoms with Crippen LogP contribution in [0.25, 0.3) is 0 Å². The van der Waals surface area contributed by atoms with Crippen molar-refractivity contribution in [1.29, 1.82) is 0 Å². The predicted octanol–water partition coefficient (Wildman–Crippen LogP) is 3.67. The molecule has 188 valence electrons. The minimum Gasteiger partial charge on any atom is -0.366 e. The van der Waals surface area contributed by atoms with Crippen molar-refractivity contribution in [2.75, 3.05) is 31.1 Å². The Morgan fingerprint density at radius 2 is 1.69 bits per heavy atom. The van der Waals surface area contributed by atoms with Crippen molar-refractivity contribution < 1.29 is 14.0 Å². The van der Waals surface area contributed by atoms with E-state index in [9.17, 15) is 18.8 Å². The molecule has 1 saturated heterocycles. The molecule has 1 aromatic carbocycles. The molecular formula is C27H35FN4O3. The molecule has 1 aliphatic heterocycles. The molecule has 35 heavy (non-hydrogen) atoms. The monoisotopic (exact) mass is 482 g/mol. The first kappa shape index (κ1) is 24.9. The minimum absolute atomic E-state index is 0.0205. The smallest absolute Gasteiger partial charge is 0.259 e. The number of aryl methyl sites for hydroxylation is 1. The Morgan fingerprint density at radius 1 is 1.03 bits per heavy atom. The zero-order valence-electron chi connectivity index (χ0n) is 20.6. The van der Waals surface area contributed by atoms with Gasteiger partial charge in [-0.2, -0.15) is 0 Å². The van der Waals surface area contributed by atoms with Crippen LogP contribution in [0.4, 0.5) is 10.1 Å². The highest BCUT2D eigenvalue weighted by Crippen LogP contribution is 2.21. The number of carbonyl (C=O) groups excluding carboxylic acids is 2. The number of benzene rings is 1. The van der Waals surface area contributed by atoms with E-state index in [0.717, 1.165) is 32.1 Å². The van der Waals surface area contributed by atoms with Crippen LogP contribution in [-0.4, -0.2) is 53.5 Å². The third-order valence-corrected chi connectivity index (χ3v) is 6.97. The van der Waals surface area contributed by atoms with Gasteiger partial charge in [-0.1, -0.05) is 38.8 Å². The normalized spacial score (nSPS) is 16.7. The summed E-state index contributed by atoms with van der Waals surface area (Å²) < 4.78 is 16.0. The van der Waals surface area contributed by atoms with Crippen molar-refractivity contribution in [1.82, 2.24) is 14.8 Å². The van der Waals surface area contributed by atoms with Gasteiger partial charge in [-0.15, -0.1) is 0 Å². The molecule has 2 fully saturated rings. The summed E-state index contributed by atoms with van der Waals surface area (Å²) in [4.78, 5) is 43.3. The van der Waals surface area contributed by atoms with E-state index >= 15 is 0 Å². The van der Waals surface area contributed by atoms with Crippen LogP contribution >= 0.6 is 0 Å². The molecule has 0 radical (unpaired) electrons. The number of piperazine rings is 1. The molecule has 8 heteroatoms. The molecular weight excluding hydrogens is 447 g/mol. The predicted molar refractivity (Wildman–Crippen MR) is 134 cm³/mol. The number of para-hydroxylation sites is 1. The van der Waals surface area contributed by atoms with Gasteiger partial charge in [0, 0.05) is 51.2 Å². The summed E-state index contributed by atoms with van der Waals surface area (Å²) in [5, 5.41) is 2.98. The largest absolute Gasteiger partial charge is 0.366 e. The number of halogens is 1. The molecule has 0 bridgehead atoms. The van der Waals surface area contributed by atoms with E-state index < -0.39 is 11.3 Å². The molecule has 0 unspecified atom stereocenters. The number of rotatable bonds is 7. The van der Waals surface area contributed by atoms with Gasteiger partial charge in [0.05, 0.1) is 5.69 Å². The van der Waals surface area contributed by atoms with E-state index in [-0.39, 0.29) is 28.9 Å². The van der Waals surface area contributed by atoms with Crippen molar-refractivity contribution >= 4 is 17.5 Å². The van der Waals surface area contributed by atoms with Crippen molar-refractivity contribution in [3.63, 3.8) is 0 Å². The number of nitrogens with one attached hydrogen (secondary N) is 1. The van der Waals surface area contributed by atoms with Crippen LogP contribution in [0.3, 0.4) is 0 Å². The lowest BCUT2D eigenvalue weighted by molar-refractivity contribution is 0.0744. The lowest BCUT2D eigenvalue weighted by Gasteiger charge is -2.36. The Morgan fingerprint density at radius 3 is 2.34 bits per heavy atom. The van der Waals surface area contributed by atoms with Gasteiger partial charge >= 0.3 is 0 Å². The second-order valence-corrected chi connectivity index (χ2v) is 10.0. The average molecular weight is 483 g/mol. The van der Waals surface area contributed by atoms with E-state index in [4.69, 9.17) is 0 Å². The van der Waals surface area contributed by atoms with Crippen molar-refractivity contribution in [3.8, 4) is 0 Å². The Balaban J connectivity index is 1.54. The van der Waals surface area contributed by atoms with Gasteiger partial charge in [-0.25, -0.2) is 4.39 Å². The van der Waals surface area contributed by atoms with E-state index in [1.165, 1.54) is 6.07 Å². The molecule has 1 N–H and O–H groups in total. The first-order valence-electron chi connectivity index (χ1n) is 12.7. The summed E-state index contributed by atoms with van der Waals surface area (Å²) in [5.74, 6) is -0.631. The molecule has 4 rings (SSSR count). The topological polar surface area (TPSA) is 74.6 Å². The van der Waals surface area contributed by atoms with Gasteiger partial charge < -0.3 is 19.7 Å². The van der Waals surface area contributed by atoms with Crippen LogP contribution in [0.5, 0.6) is 0 Å². The maximum absolute atomic E-state index is 14.2. The van der Waals surface area contributed by atoms with Gasteiger partial charge in [-0.05, 0) is 37.3 Å². The third kappa shape index (κ3) is 5.92. The maximum atomic E-state index is 14.2. The van der Waals surface area contributed by atoms with Crippen LogP contribution < -0.4 is 15.6 Å². The Labute approximate surface area is 205 Å². The van der Waals surface area contributed by atoms with Crippen LogP contribution in [0.2, 0.25) is 0 Å². The zero-order chi connectivity index (χ0) is 24.9. The first-order chi connectivity index (χ1) is 16.8. The number of nitrogens with zero attached hydrogens (tertiary/aromatic N) is 3. The van der Waals surface area contributed by atoms with E-state index in [1.54, 1.807) is 40.1 Å². The van der Waals surface area contributed by atoms with Gasteiger partial charge in [0.15, 0.2) is 0 Å². The summed E-state index contributed by atoms with van der Waals surface area (Å²) in [7, 11) is 0. The molecule has 2 aliphatic rings. The highest BCUT2D eigenvalue weighted by atomic mass is 19.1. The average Bonchev–Trinajstić information content (AvgIpc) is 3.36. The van der Waals surface area contributed by atoms with Crippen molar-refractivity contribution in [2.45, 2.75) is 58.5 Å². The molecule has 0 atom stereocenters. The van der Waals surface area contributed by atoms with Crippen LogP contribution in [0, 0.1) is 11.7 Å². The Kier molecular flexibility index (Phi) is 7.88. The van der Waals surface area contributed by atoms with Crippen molar-refractivity contribution in [2.24, 2.45) is 5.92 Å². The molecule has 0 spiro atoms. The van der Waals surface area contributed by atoms with Gasteiger partial charge in [-0.3, -0.25) is 14.4 Å². The molecule has 7 nitrogen and oxygen atoms in total. The third-order valence-electron chi connectivity index (χ3n) is 6.97. The fourth-order valence-electron chi connectivity index (χ4n) is 4.84. The molecule has 2 heterocycles. The summed E-state index contributed by atoms with van der Waals surface area (Å²) in [6.45, 7) is 6.51. The zero-order valence-corrected chi connectivity index (χ0v) is 20.6. The fraction of sp³-hybridized carbons (Fsp3) is 0.519. The number of amides is 2. The number of pyridine rings is 1. The Bertz CT molecular complexity index is 1120. The fourth-order valence-corrected chi connectivity index (χ4v) is 4.84. The minimum atomic E-state index is -0.525. The lowest BCUT2D eigenvalue weighted by Crippen LogP contribution is -2.50.